The highest BCUT2D eigenvalue weighted by Gasteiger charge is 2.32. The summed E-state index contributed by atoms with van der Waals surface area (Å²) in [6.07, 6.45) is -0.735. The van der Waals surface area contributed by atoms with Crippen LogP contribution in [0.3, 0.4) is 0 Å². The van der Waals surface area contributed by atoms with E-state index in [4.69, 9.17) is 4.74 Å². The Bertz CT molecular complexity index is 1130. The molecule has 0 aliphatic rings. The molecule has 1 atom stereocenters. The van der Waals surface area contributed by atoms with Crippen molar-refractivity contribution in [1.29, 1.82) is 0 Å². The normalized spacial score (nSPS) is 11.2. The zero-order chi connectivity index (χ0) is 26.8. The van der Waals surface area contributed by atoms with Crippen LogP contribution in [0.2, 0.25) is 0 Å². The van der Waals surface area contributed by atoms with Gasteiger partial charge in [0.2, 0.25) is 5.82 Å². The van der Waals surface area contributed by atoms with E-state index >= 15 is 0 Å². The summed E-state index contributed by atoms with van der Waals surface area (Å²) in [5, 5.41) is 2.02. The number of rotatable bonds is 11. The molecule has 2 rings (SSSR count). The van der Waals surface area contributed by atoms with Gasteiger partial charge in [-0.15, -0.1) is 0 Å². The van der Waals surface area contributed by atoms with Gasteiger partial charge in [0.1, 0.15) is 24.8 Å². The Morgan fingerprint density at radius 3 is 2.03 bits per heavy atom. The monoisotopic (exact) mass is 515 g/mol. The molecule has 192 valence electrons. The molecule has 1 N–H and O–H groups in total. The molecule has 13 heteroatoms. The molecule has 2 aromatic rings. The first-order valence-electron chi connectivity index (χ1n) is 10.0. The largest absolute Gasteiger partial charge is 0.461 e. The fraction of sp³-hybridized carbons (Fsp3) is 0.217. The first-order valence-corrected chi connectivity index (χ1v) is 10.0. The van der Waals surface area contributed by atoms with Crippen LogP contribution in [-0.2, 0) is 30.4 Å². The molecule has 0 aliphatic carbocycles. The van der Waals surface area contributed by atoms with Crippen LogP contribution in [0, 0.1) is 29.1 Å². The van der Waals surface area contributed by atoms with Gasteiger partial charge in [-0.2, -0.15) is 0 Å². The first-order chi connectivity index (χ1) is 17.1. The summed E-state index contributed by atoms with van der Waals surface area (Å²) in [6.45, 7) is 1.57. The molecule has 8 nitrogen and oxygen atoms in total. The number of carbonyl (C=O) groups is 4. The molecule has 0 aromatic heterocycles. The van der Waals surface area contributed by atoms with Gasteiger partial charge in [-0.3, -0.25) is 9.59 Å². The van der Waals surface area contributed by atoms with Crippen LogP contribution >= 0.6 is 0 Å². The predicted octanol–water partition coefficient (Wildman–Crippen LogP) is 3.52. The van der Waals surface area contributed by atoms with E-state index in [9.17, 15) is 41.1 Å². The molecule has 0 radical (unpaired) electrons. The molecule has 0 saturated carbocycles. The summed E-state index contributed by atoms with van der Waals surface area (Å²) in [4.78, 5) is 48.4. The van der Waals surface area contributed by atoms with E-state index in [0.29, 0.717) is 5.56 Å². The van der Waals surface area contributed by atoms with E-state index in [2.05, 4.69) is 16.1 Å². The van der Waals surface area contributed by atoms with Crippen LogP contribution in [0.15, 0.2) is 43.0 Å². The third-order valence-electron chi connectivity index (χ3n) is 4.39. The Morgan fingerprint density at radius 2 is 1.44 bits per heavy atom. The van der Waals surface area contributed by atoms with Crippen molar-refractivity contribution in [3.8, 4) is 0 Å². The van der Waals surface area contributed by atoms with Crippen molar-refractivity contribution in [2.45, 2.75) is 19.1 Å². The highest BCUT2D eigenvalue weighted by Crippen LogP contribution is 2.23. The molecule has 2 aromatic carbocycles. The summed E-state index contributed by atoms with van der Waals surface area (Å²) >= 11 is 0. The summed E-state index contributed by atoms with van der Waals surface area (Å²) in [5.41, 5.74) is -1.31. The Hall–Kier alpha value is -4.29. The average molecular weight is 515 g/mol. The number of amides is 1. The zero-order valence-electron chi connectivity index (χ0n) is 18.3. The van der Waals surface area contributed by atoms with Crippen molar-refractivity contribution in [3.05, 3.63) is 83.2 Å². The van der Waals surface area contributed by atoms with Crippen LogP contribution in [-0.4, -0.2) is 43.1 Å². The molecule has 1 amide bonds. The van der Waals surface area contributed by atoms with E-state index in [1.165, 1.54) is 6.08 Å². The van der Waals surface area contributed by atoms with Gasteiger partial charge in [0.05, 0.1) is 6.42 Å². The van der Waals surface area contributed by atoms with Gasteiger partial charge in [-0.05, 0) is 5.56 Å². The number of benzene rings is 2. The van der Waals surface area contributed by atoms with Gasteiger partial charge in [-0.1, -0.05) is 43.0 Å². The molecule has 0 bridgehead atoms. The van der Waals surface area contributed by atoms with Crippen LogP contribution in [0.1, 0.15) is 22.3 Å². The lowest BCUT2D eigenvalue weighted by Crippen LogP contribution is -2.44. The Kier molecular flexibility index (Phi) is 10.1. The standard InChI is InChI=1S/C23H18F5NO7/c1-2-8-34-23(33)29-13(9-15(31)35-10-12-6-4-3-5-7-12)14(30)11-36-22(32)16-17(24)19(26)21(28)20(27)18(16)25/h2-7,13H,1,8-11H2,(H,29,33). The highest BCUT2D eigenvalue weighted by atomic mass is 19.2. The fourth-order valence-corrected chi connectivity index (χ4v) is 2.62. The number of ether oxygens (including phenoxy) is 3. The Morgan fingerprint density at radius 1 is 0.861 bits per heavy atom. The molecule has 0 spiro atoms. The number of esters is 2. The second-order valence-electron chi connectivity index (χ2n) is 6.92. The lowest BCUT2D eigenvalue weighted by molar-refractivity contribution is -0.147. The topological polar surface area (TPSA) is 108 Å². The molecule has 0 aliphatic heterocycles. The molecule has 1 unspecified atom stereocenters. The van der Waals surface area contributed by atoms with E-state index in [1.807, 2.05) is 5.32 Å². The quantitative estimate of drug-likeness (QED) is 0.122. The molecule has 0 heterocycles. The number of hydrogen-bond donors (Lipinski definition) is 1. The van der Waals surface area contributed by atoms with Crippen molar-refractivity contribution in [2.75, 3.05) is 13.2 Å². The zero-order valence-corrected chi connectivity index (χ0v) is 18.3. The van der Waals surface area contributed by atoms with Crippen LogP contribution in [0.5, 0.6) is 0 Å². The number of ketones is 1. The summed E-state index contributed by atoms with van der Waals surface area (Å²) in [6, 6.07) is 6.71. The van der Waals surface area contributed by atoms with Crippen molar-refractivity contribution >= 4 is 23.8 Å². The van der Waals surface area contributed by atoms with Gasteiger partial charge in [0.25, 0.3) is 0 Å². The van der Waals surface area contributed by atoms with Crippen molar-refractivity contribution in [3.63, 3.8) is 0 Å². The van der Waals surface area contributed by atoms with Gasteiger partial charge in [0.15, 0.2) is 35.7 Å². The second kappa shape index (κ2) is 13.0. The third kappa shape index (κ3) is 7.35. The van der Waals surface area contributed by atoms with Gasteiger partial charge < -0.3 is 19.5 Å². The van der Waals surface area contributed by atoms with Crippen molar-refractivity contribution in [2.24, 2.45) is 0 Å². The molecule has 36 heavy (non-hydrogen) atoms. The lowest BCUT2D eigenvalue weighted by Gasteiger charge is -2.17. The number of hydrogen-bond acceptors (Lipinski definition) is 7. The lowest BCUT2D eigenvalue weighted by atomic mass is 10.1. The maximum atomic E-state index is 13.8. The summed E-state index contributed by atoms with van der Waals surface area (Å²) in [7, 11) is 0. The molecular formula is C23H18F5NO7. The predicted molar refractivity (Wildman–Crippen MR) is 111 cm³/mol. The number of carbonyl (C=O) groups excluding carboxylic acids is 4. The molecule has 0 fully saturated rings. The van der Waals surface area contributed by atoms with Crippen LogP contribution in [0.25, 0.3) is 0 Å². The third-order valence-corrected chi connectivity index (χ3v) is 4.39. The van der Waals surface area contributed by atoms with Crippen LogP contribution in [0.4, 0.5) is 26.7 Å². The minimum atomic E-state index is -2.49. The van der Waals surface area contributed by atoms with E-state index in [1.54, 1.807) is 30.3 Å². The number of halogens is 5. The second-order valence-corrected chi connectivity index (χ2v) is 6.92. The van der Waals surface area contributed by atoms with E-state index < -0.39 is 77.5 Å². The highest BCUT2D eigenvalue weighted by molar-refractivity contribution is 5.95. The van der Waals surface area contributed by atoms with Gasteiger partial charge in [-0.25, -0.2) is 31.5 Å². The number of nitrogens with one attached hydrogen (secondary N) is 1. The maximum absolute atomic E-state index is 13.8. The summed E-state index contributed by atoms with van der Waals surface area (Å²) in [5.74, 6) is -16.4. The average Bonchev–Trinajstić information content (AvgIpc) is 2.87. The van der Waals surface area contributed by atoms with Crippen molar-refractivity contribution in [1.82, 2.24) is 5.32 Å². The minimum Gasteiger partial charge on any atom is -0.461 e. The number of alkyl carbamates (subject to hydrolysis) is 1. The first kappa shape index (κ1) is 28.0. The maximum Gasteiger partial charge on any atom is 0.408 e. The van der Waals surface area contributed by atoms with Gasteiger partial charge in [0, 0.05) is 0 Å². The van der Waals surface area contributed by atoms with E-state index in [0.717, 1.165) is 0 Å². The molecular weight excluding hydrogens is 497 g/mol. The minimum absolute atomic E-state index is 0.170. The van der Waals surface area contributed by atoms with E-state index in [-0.39, 0.29) is 13.2 Å². The Balaban J connectivity index is 2.10. The molecule has 0 saturated heterocycles. The Labute approximate surface area is 200 Å². The van der Waals surface area contributed by atoms with Gasteiger partial charge >= 0.3 is 18.0 Å². The smallest absolute Gasteiger partial charge is 0.408 e. The van der Waals surface area contributed by atoms with Crippen LogP contribution < -0.4 is 5.32 Å². The number of Topliss-reactive ketones (excluding diaryl/α,β-unsaturated/α-hetero) is 1. The SMILES string of the molecule is C=CCOC(=O)NC(CC(=O)OCc1ccccc1)C(=O)COC(=O)c1c(F)c(F)c(F)c(F)c1F. The van der Waals surface area contributed by atoms with Crippen molar-refractivity contribution < 1.29 is 55.3 Å². The fourth-order valence-electron chi connectivity index (χ4n) is 2.62. The summed E-state index contributed by atoms with van der Waals surface area (Å²) < 4.78 is 81.4.